The predicted molar refractivity (Wildman–Crippen MR) is 110 cm³/mol. The molecule has 0 unspecified atom stereocenters. The molecule has 0 radical (unpaired) electrons. The maximum atomic E-state index is 12.3. The van der Waals surface area contributed by atoms with Crippen LogP contribution in [0.1, 0.15) is 58.3 Å². The number of nitrogens with one attached hydrogen (secondary N) is 1. The summed E-state index contributed by atoms with van der Waals surface area (Å²) >= 11 is 0. The number of hydrogen-bond donors (Lipinski definition) is 2. The molecule has 6 nitrogen and oxygen atoms in total. The number of amides is 1. The van der Waals surface area contributed by atoms with Crippen molar-refractivity contribution in [1.82, 2.24) is 15.3 Å². The number of nitrogens with zero attached hydrogens (tertiary/aromatic N) is 3. The molecule has 1 heterocycles. The van der Waals surface area contributed by atoms with Gasteiger partial charge in [0.15, 0.2) is 0 Å². The second kappa shape index (κ2) is 9.61. The average Bonchev–Trinajstić information content (AvgIpc) is 2.67. The number of carbonyl (C=O) groups excluding carboxylic acids is 1. The van der Waals surface area contributed by atoms with E-state index in [-0.39, 0.29) is 23.8 Å². The first kappa shape index (κ1) is 21.8. The van der Waals surface area contributed by atoms with Gasteiger partial charge < -0.3 is 10.4 Å². The van der Waals surface area contributed by atoms with Crippen LogP contribution in [0.3, 0.4) is 0 Å². The van der Waals surface area contributed by atoms with Crippen molar-refractivity contribution in [3.8, 4) is 6.07 Å². The maximum Gasteiger partial charge on any atom is 0.249 e. The largest absolute Gasteiger partial charge is 0.383 e. The summed E-state index contributed by atoms with van der Waals surface area (Å²) in [5.74, 6) is 0.0743. The summed E-state index contributed by atoms with van der Waals surface area (Å²) in [6.07, 6.45) is 6.44. The van der Waals surface area contributed by atoms with E-state index in [1.807, 2.05) is 13.8 Å². The van der Waals surface area contributed by atoms with Gasteiger partial charge in [-0.25, -0.2) is 0 Å². The monoisotopic (exact) mass is 382 g/mol. The first-order chi connectivity index (χ1) is 13.3. The highest BCUT2D eigenvalue weighted by molar-refractivity contribution is 5.82. The highest BCUT2D eigenvalue weighted by atomic mass is 16.3. The lowest BCUT2D eigenvalue weighted by Crippen LogP contribution is -2.46. The number of nitriles is 1. The van der Waals surface area contributed by atoms with Gasteiger partial charge in [0.25, 0.3) is 0 Å². The van der Waals surface area contributed by atoms with E-state index in [0.29, 0.717) is 22.9 Å². The number of allylic oxidation sites excluding steroid dienone is 3. The van der Waals surface area contributed by atoms with E-state index in [4.69, 9.17) is 0 Å². The first-order valence-electron chi connectivity index (χ1n) is 9.83. The molecule has 1 amide bonds. The summed E-state index contributed by atoms with van der Waals surface area (Å²) in [5.41, 5.74) is 2.50. The van der Waals surface area contributed by atoms with Gasteiger partial charge in [0.1, 0.15) is 17.9 Å². The van der Waals surface area contributed by atoms with Crippen molar-refractivity contribution in [2.75, 3.05) is 0 Å². The molecule has 1 aliphatic carbocycles. The van der Waals surface area contributed by atoms with Crippen LogP contribution in [0.5, 0.6) is 0 Å². The van der Waals surface area contributed by atoms with Crippen molar-refractivity contribution in [3.05, 3.63) is 36.4 Å². The fraction of sp³-hybridized carbons (Fsp3) is 0.545. The van der Waals surface area contributed by atoms with Gasteiger partial charge in [-0.2, -0.15) is 5.26 Å². The Morgan fingerprint density at radius 2 is 1.96 bits per heavy atom. The first-order valence-corrected chi connectivity index (χ1v) is 9.83. The fourth-order valence-electron chi connectivity index (χ4n) is 3.81. The number of aromatic nitrogens is 2. The summed E-state index contributed by atoms with van der Waals surface area (Å²) in [6.45, 7) is 11.9. The molecule has 6 heteroatoms. The van der Waals surface area contributed by atoms with E-state index in [1.54, 1.807) is 25.4 Å². The van der Waals surface area contributed by atoms with Crippen LogP contribution in [0, 0.1) is 29.1 Å². The number of rotatable bonds is 6. The van der Waals surface area contributed by atoms with Crippen molar-refractivity contribution in [1.29, 1.82) is 5.26 Å². The lowest BCUT2D eigenvalue weighted by Gasteiger charge is -2.35. The Labute approximate surface area is 167 Å². The molecule has 1 aromatic rings. The molecular weight excluding hydrogens is 352 g/mol. The molecule has 0 bridgehead atoms. The van der Waals surface area contributed by atoms with Crippen molar-refractivity contribution in [2.45, 2.75) is 59.1 Å². The summed E-state index contributed by atoms with van der Waals surface area (Å²) in [7, 11) is 0. The van der Waals surface area contributed by atoms with Crippen molar-refractivity contribution >= 4 is 17.1 Å². The van der Waals surface area contributed by atoms with Gasteiger partial charge in [0, 0.05) is 18.4 Å². The summed E-state index contributed by atoms with van der Waals surface area (Å²) in [6, 6.07) is 2.14. The molecule has 0 aromatic carbocycles. The van der Waals surface area contributed by atoms with E-state index in [9.17, 15) is 15.2 Å². The Kier molecular flexibility index (Phi) is 7.47. The third kappa shape index (κ3) is 5.05. The summed E-state index contributed by atoms with van der Waals surface area (Å²) < 4.78 is 0. The SMILES string of the molecule is C=C(c1nccnc1/C(C#N)=C\C)[C@H]1C[C@@H](C)C[C@@H](NC(=O)[C@@H](O)C(C)C)C1. The zero-order valence-corrected chi connectivity index (χ0v) is 17.1. The molecule has 1 saturated carbocycles. The quantitative estimate of drug-likeness (QED) is 0.735. The number of aliphatic hydroxyl groups excluding tert-OH is 1. The maximum absolute atomic E-state index is 12.3. The van der Waals surface area contributed by atoms with Crippen LogP contribution in [0.25, 0.3) is 11.1 Å². The Bertz CT molecular complexity index is 794. The lowest BCUT2D eigenvalue weighted by molar-refractivity contribution is -0.132. The molecule has 150 valence electrons. The number of hydrogen-bond acceptors (Lipinski definition) is 5. The van der Waals surface area contributed by atoms with Gasteiger partial charge in [0.2, 0.25) is 5.91 Å². The minimum atomic E-state index is -1.00. The van der Waals surface area contributed by atoms with Crippen molar-refractivity contribution < 1.29 is 9.90 Å². The van der Waals surface area contributed by atoms with Crippen molar-refractivity contribution in [2.24, 2.45) is 17.8 Å². The Hall–Kier alpha value is -2.52. The topological polar surface area (TPSA) is 98.9 Å². The van der Waals surface area contributed by atoms with E-state index in [0.717, 1.165) is 24.8 Å². The minimum absolute atomic E-state index is 0.0244. The molecule has 28 heavy (non-hydrogen) atoms. The number of aliphatic hydroxyl groups is 1. The van der Waals surface area contributed by atoms with E-state index < -0.39 is 6.10 Å². The zero-order chi connectivity index (χ0) is 20.8. The highest BCUT2D eigenvalue weighted by Crippen LogP contribution is 2.38. The van der Waals surface area contributed by atoms with E-state index >= 15 is 0 Å². The average molecular weight is 383 g/mol. The summed E-state index contributed by atoms with van der Waals surface area (Å²) in [4.78, 5) is 21.1. The van der Waals surface area contributed by atoms with Gasteiger partial charge in [-0.1, -0.05) is 33.4 Å². The Morgan fingerprint density at radius 3 is 2.54 bits per heavy atom. The molecule has 2 rings (SSSR count). The molecular formula is C22H30N4O2. The van der Waals surface area contributed by atoms with Crippen LogP contribution in [-0.4, -0.2) is 33.1 Å². The molecule has 4 atom stereocenters. The van der Waals surface area contributed by atoms with Crippen LogP contribution in [0.4, 0.5) is 0 Å². The second-order valence-electron chi connectivity index (χ2n) is 8.00. The molecule has 2 N–H and O–H groups in total. The van der Waals surface area contributed by atoms with Gasteiger partial charge in [-0.05, 0) is 49.5 Å². The molecule has 0 spiro atoms. The van der Waals surface area contributed by atoms with Gasteiger partial charge in [-0.3, -0.25) is 14.8 Å². The van der Waals surface area contributed by atoms with E-state index in [2.05, 4.69) is 34.9 Å². The van der Waals surface area contributed by atoms with Crippen LogP contribution in [-0.2, 0) is 4.79 Å². The number of carbonyl (C=O) groups is 1. The normalized spacial score (nSPS) is 23.8. The smallest absolute Gasteiger partial charge is 0.249 e. The summed E-state index contributed by atoms with van der Waals surface area (Å²) in [5, 5.41) is 22.4. The third-order valence-corrected chi connectivity index (χ3v) is 5.35. The van der Waals surface area contributed by atoms with Gasteiger partial charge >= 0.3 is 0 Å². The molecule has 1 fully saturated rings. The second-order valence-corrected chi connectivity index (χ2v) is 8.00. The molecule has 1 aliphatic rings. The van der Waals surface area contributed by atoms with Gasteiger partial charge in [0.05, 0.1) is 11.3 Å². The Balaban J connectivity index is 2.20. The molecule has 0 aliphatic heterocycles. The third-order valence-electron chi connectivity index (χ3n) is 5.35. The van der Waals surface area contributed by atoms with Crippen LogP contribution < -0.4 is 5.32 Å². The molecule has 1 aromatic heterocycles. The van der Waals surface area contributed by atoms with Crippen LogP contribution in [0.2, 0.25) is 0 Å². The predicted octanol–water partition coefficient (Wildman–Crippen LogP) is 3.35. The van der Waals surface area contributed by atoms with E-state index in [1.165, 1.54) is 0 Å². The fourth-order valence-corrected chi connectivity index (χ4v) is 3.81. The minimum Gasteiger partial charge on any atom is -0.383 e. The van der Waals surface area contributed by atoms with Gasteiger partial charge in [-0.15, -0.1) is 0 Å². The highest BCUT2D eigenvalue weighted by Gasteiger charge is 2.32. The van der Waals surface area contributed by atoms with Crippen LogP contribution >= 0.6 is 0 Å². The lowest BCUT2D eigenvalue weighted by atomic mass is 9.75. The van der Waals surface area contributed by atoms with Crippen LogP contribution in [0.15, 0.2) is 25.0 Å². The Morgan fingerprint density at radius 1 is 1.32 bits per heavy atom. The standard InChI is InChI=1S/C22H30N4O2/c1-6-16(12-23)20-19(24-7-8-25-20)15(5)17-9-14(4)10-18(11-17)26-22(28)21(27)13(2)3/h6-8,13-14,17-18,21,27H,5,9-11H2,1-4H3,(H,26,28)/b16-6-/t14-,17+,18-,21+/m1/s1. The molecule has 0 saturated heterocycles. The zero-order valence-electron chi connectivity index (χ0n) is 17.1. The van der Waals surface area contributed by atoms with Crippen molar-refractivity contribution in [3.63, 3.8) is 0 Å².